The zero-order chi connectivity index (χ0) is 33.4. The highest BCUT2D eigenvalue weighted by atomic mass is 19.4. The Morgan fingerprint density at radius 3 is 2.50 bits per heavy atom. The number of hydrogen-bond donors (Lipinski definition) is 1. The number of aryl methyl sites for hydroxylation is 1. The van der Waals surface area contributed by atoms with Crippen LogP contribution in [0.2, 0.25) is 0 Å². The minimum absolute atomic E-state index is 0.0572. The largest absolute Gasteiger partial charge is 0.462 e. The van der Waals surface area contributed by atoms with Gasteiger partial charge in [0.25, 0.3) is 0 Å². The molecule has 3 aliphatic heterocycles. The van der Waals surface area contributed by atoms with Crippen LogP contribution in [0.4, 0.5) is 34.8 Å². The van der Waals surface area contributed by atoms with Crippen LogP contribution < -0.4 is 20.3 Å². The number of likely N-dealkylation sites (tertiary alicyclic amines) is 1. The number of amides is 1. The van der Waals surface area contributed by atoms with Gasteiger partial charge in [-0.2, -0.15) is 23.1 Å². The number of piperazine rings is 1. The van der Waals surface area contributed by atoms with Crippen LogP contribution in [0, 0.1) is 13.8 Å². The van der Waals surface area contributed by atoms with E-state index >= 15 is 0 Å². The Morgan fingerprint density at radius 2 is 1.87 bits per heavy atom. The summed E-state index contributed by atoms with van der Waals surface area (Å²) in [7, 11) is 3.40. The number of hydrogen-bond acceptors (Lipinski definition) is 9. The molecular formula is C32H43F4N7O3. The average molecular weight is 650 g/mol. The molecule has 10 nitrogen and oxygen atoms in total. The van der Waals surface area contributed by atoms with Crippen molar-refractivity contribution in [3.8, 4) is 6.01 Å². The minimum Gasteiger partial charge on any atom is -0.462 e. The molecule has 0 spiro atoms. The SMILES string of the molecule is COC/C=C/C(=O)N1CCN(c2nc(OC[C@@H]3CC(C)(F)CN3C)nc3c2CCN(c2c(C)c(N)cc(C)c2C(F)(F)F)C3)CC1. The summed E-state index contributed by atoms with van der Waals surface area (Å²) in [4.78, 5) is 29.5. The third-order valence-electron chi connectivity index (χ3n) is 9.10. The fraction of sp³-hybridized carbons (Fsp3) is 0.594. The Balaban J connectivity index is 1.45. The lowest BCUT2D eigenvalue weighted by Gasteiger charge is -2.38. The second-order valence-corrected chi connectivity index (χ2v) is 12.7. The van der Waals surface area contributed by atoms with E-state index in [1.807, 2.05) is 11.9 Å². The number of rotatable bonds is 8. The number of halogens is 4. The number of carbonyl (C=O) groups is 1. The van der Waals surface area contributed by atoms with Crippen molar-refractivity contribution in [2.45, 2.75) is 58.0 Å². The van der Waals surface area contributed by atoms with Gasteiger partial charge >= 0.3 is 12.2 Å². The standard InChI is InChI=1S/C32H43F4N7O3/c1-20-15-24(37)21(2)28(27(20)32(34,35)36)43-9-8-23-25(17-43)38-30(46-18-22-16-31(3,33)19-40(22)4)39-29(23)42-12-10-41(11-13-42)26(44)7-6-14-45-5/h6-7,15,22H,8-14,16-19,37H2,1-5H3/b7-6+/t22-,31?/m0/s1. The maximum absolute atomic E-state index is 14.7. The summed E-state index contributed by atoms with van der Waals surface area (Å²) in [5.41, 5.74) is 6.32. The third kappa shape index (κ3) is 7.17. The van der Waals surface area contributed by atoms with Crippen molar-refractivity contribution in [3.05, 3.63) is 46.2 Å². The Morgan fingerprint density at radius 1 is 1.15 bits per heavy atom. The first-order valence-electron chi connectivity index (χ1n) is 15.5. The van der Waals surface area contributed by atoms with E-state index in [9.17, 15) is 22.4 Å². The molecular weight excluding hydrogens is 606 g/mol. The zero-order valence-corrected chi connectivity index (χ0v) is 27.1. The van der Waals surface area contributed by atoms with Gasteiger partial charge in [-0.25, -0.2) is 4.39 Å². The van der Waals surface area contributed by atoms with Gasteiger partial charge in [-0.05, 0) is 51.4 Å². The summed E-state index contributed by atoms with van der Waals surface area (Å²) in [6, 6.07) is 1.28. The first-order valence-corrected chi connectivity index (χ1v) is 15.5. The number of methoxy groups -OCH3 is 1. The number of benzene rings is 1. The number of ether oxygens (including phenoxy) is 2. The zero-order valence-electron chi connectivity index (χ0n) is 27.1. The van der Waals surface area contributed by atoms with Gasteiger partial charge in [-0.15, -0.1) is 0 Å². The molecule has 2 N–H and O–H groups in total. The predicted octanol–water partition coefficient (Wildman–Crippen LogP) is 3.92. The highest BCUT2D eigenvalue weighted by Gasteiger charge is 2.41. The molecule has 1 aromatic heterocycles. The van der Waals surface area contributed by atoms with Crippen molar-refractivity contribution in [2.75, 3.05) is 82.2 Å². The maximum Gasteiger partial charge on any atom is 0.418 e. The molecule has 5 rings (SSSR count). The number of nitrogens with zero attached hydrogens (tertiary/aromatic N) is 6. The van der Waals surface area contributed by atoms with Crippen LogP contribution in [0.1, 0.15) is 41.3 Å². The van der Waals surface area contributed by atoms with E-state index in [1.54, 1.807) is 36.8 Å². The molecule has 46 heavy (non-hydrogen) atoms. The predicted molar refractivity (Wildman–Crippen MR) is 168 cm³/mol. The highest BCUT2D eigenvalue weighted by Crippen LogP contribution is 2.44. The fourth-order valence-electron chi connectivity index (χ4n) is 6.79. The maximum atomic E-state index is 14.7. The van der Waals surface area contributed by atoms with E-state index in [2.05, 4.69) is 4.90 Å². The first-order chi connectivity index (χ1) is 21.7. The van der Waals surface area contributed by atoms with Crippen molar-refractivity contribution in [1.82, 2.24) is 19.8 Å². The van der Waals surface area contributed by atoms with Gasteiger partial charge in [-0.1, -0.05) is 6.08 Å². The van der Waals surface area contributed by atoms with Gasteiger partial charge in [0.2, 0.25) is 5.91 Å². The van der Waals surface area contributed by atoms with Gasteiger partial charge in [0, 0.05) is 76.2 Å². The molecule has 0 bridgehead atoms. The van der Waals surface area contributed by atoms with Crippen molar-refractivity contribution in [2.24, 2.45) is 0 Å². The molecule has 2 aromatic rings. The van der Waals surface area contributed by atoms with Gasteiger partial charge in [-0.3, -0.25) is 9.69 Å². The number of alkyl halides is 4. The van der Waals surface area contributed by atoms with Crippen molar-refractivity contribution in [1.29, 1.82) is 0 Å². The van der Waals surface area contributed by atoms with Crippen LogP contribution in [-0.2, 0) is 28.7 Å². The number of fused-ring (bicyclic) bond motifs is 1. The number of anilines is 3. The lowest BCUT2D eigenvalue weighted by molar-refractivity contribution is -0.137. The Bertz CT molecular complexity index is 1470. The van der Waals surface area contributed by atoms with E-state index in [1.165, 1.54) is 19.1 Å². The molecule has 1 aromatic carbocycles. The molecule has 3 aliphatic rings. The van der Waals surface area contributed by atoms with Crippen LogP contribution in [0.3, 0.4) is 0 Å². The third-order valence-corrected chi connectivity index (χ3v) is 9.10. The monoisotopic (exact) mass is 649 g/mol. The second kappa shape index (κ2) is 13.2. The van der Waals surface area contributed by atoms with E-state index < -0.39 is 17.4 Å². The molecule has 2 atom stereocenters. The topological polar surface area (TPSA) is 100 Å². The van der Waals surface area contributed by atoms with E-state index in [4.69, 9.17) is 25.2 Å². The van der Waals surface area contributed by atoms with Gasteiger partial charge in [0.1, 0.15) is 18.1 Å². The van der Waals surface area contributed by atoms with Gasteiger partial charge in [0.05, 0.1) is 30.1 Å². The van der Waals surface area contributed by atoms with Crippen molar-refractivity contribution >= 4 is 23.1 Å². The van der Waals surface area contributed by atoms with Crippen LogP contribution in [0.25, 0.3) is 0 Å². The number of likely N-dealkylation sites (N-methyl/N-ethyl adjacent to an activating group) is 1. The quantitative estimate of drug-likeness (QED) is 0.259. The summed E-state index contributed by atoms with van der Waals surface area (Å²) >= 11 is 0. The lowest BCUT2D eigenvalue weighted by Crippen LogP contribution is -2.49. The average Bonchev–Trinajstić information content (AvgIpc) is 3.27. The summed E-state index contributed by atoms with van der Waals surface area (Å²) in [6.07, 6.45) is -0.689. The van der Waals surface area contributed by atoms with Gasteiger partial charge < -0.3 is 29.9 Å². The van der Waals surface area contributed by atoms with Crippen LogP contribution in [-0.4, -0.2) is 104 Å². The molecule has 252 valence electrons. The molecule has 1 unspecified atom stereocenters. The normalized spacial score (nSPS) is 22.5. The number of aromatic nitrogens is 2. The Kier molecular flexibility index (Phi) is 9.69. The molecule has 0 aliphatic carbocycles. The number of nitrogen functional groups attached to an aromatic ring is 1. The van der Waals surface area contributed by atoms with E-state index in [0.29, 0.717) is 74.9 Å². The molecule has 1 amide bonds. The van der Waals surface area contributed by atoms with Crippen molar-refractivity contribution in [3.63, 3.8) is 0 Å². The molecule has 0 saturated carbocycles. The van der Waals surface area contributed by atoms with Gasteiger partial charge in [0.15, 0.2) is 0 Å². The molecule has 14 heteroatoms. The first kappa shape index (κ1) is 33.7. The van der Waals surface area contributed by atoms with E-state index in [0.717, 1.165) is 5.56 Å². The second-order valence-electron chi connectivity index (χ2n) is 12.7. The van der Waals surface area contributed by atoms with E-state index in [-0.39, 0.29) is 48.9 Å². The summed E-state index contributed by atoms with van der Waals surface area (Å²) in [5, 5.41) is 0. The number of carbonyl (C=O) groups excluding carboxylic acids is 1. The Labute approximate surface area is 267 Å². The molecule has 0 radical (unpaired) electrons. The molecule has 2 saturated heterocycles. The minimum atomic E-state index is -4.57. The smallest absolute Gasteiger partial charge is 0.418 e. The fourth-order valence-corrected chi connectivity index (χ4v) is 6.79. The summed E-state index contributed by atoms with van der Waals surface area (Å²) < 4.78 is 68.8. The highest BCUT2D eigenvalue weighted by molar-refractivity contribution is 5.87. The summed E-state index contributed by atoms with van der Waals surface area (Å²) in [5.74, 6) is 0.545. The molecule has 2 fully saturated rings. The van der Waals surface area contributed by atoms with Crippen LogP contribution in [0.15, 0.2) is 18.2 Å². The lowest BCUT2D eigenvalue weighted by atomic mass is 9.96. The molecule has 4 heterocycles. The van der Waals surface area contributed by atoms with Crippen LogP contribution >= 0.6 is 0 Å². The van der Waals surface area contributed by atoms with Crippen LogP contribution in [0.5, 0.6) is 6.01 Å². The van der Waals surface area contributed by atoms with Crippen molar-refractivity contribution < 1.29 is 31.8 Å². The Hall–Kier alpha value is -3.65. The summed E-state index contributed by atoms with van der Waals surface area (Å²) in [6.45, 7) is 7.76. The number of nitrogens with two attached hydrogens (primary N) is 1.